The van der Waals surface area contributed by atoms with Gasteiger partial charge < -0.3 is 10.0 Å². The van der Waals surface area contributed by atoms with E-state index in [1.807, 2.05) is 84.9 Å². The number of carbonyl (C=O) groups is 1. The fourth-order valence-electron chi connectivity index (χ4n) is 5.94. The monoisotopic (exact) mass is 428 g/mol. The highest BCUT2D eigenvalue weighted by Crippen LogP contribution is 2.59. The number of benzene rings is 3. The van der Waals surface area contributed by atoms with Gasteiger partial charge in [-0.2, -0.15) is 0 Å². The maximum absolute atomic E-state index is 13.9. The van der Waals surface area contributed by atoms with Crippen LogP contribution in [0.3, 0.4) is 0 Å². The molecule has 5 rings (SSSR count). The number of hydrogen-bond acceptors (Lipinski definition) is 4. The van der Waals surface area contributed by atoms with Gasteiger partial charge in [0.25, 0.3) is 0 Å². The molecule has 0 bridgehead atoms. The summed E-state index contributed by atoms with van der Waals surface area (Å²) in [5, 5.41) is 24.4. The normalized spacial score (nSPS) is 29.2. The van der Waals surface area contributed by atoms with Crippen LogP contribution in [0.4, 0.5) is 5.69 Å². The lowest BCUT2D eigenvalue weighted by Gasteiger charge is -2.48. The molecule has 5 atom stereocenters. The summed E-state index contributed by atoms with van der Waals surface area (Å²) in [5.41, 5.74) is 1.42. The number of rotatable bonds is 3. The molecule has 162 valence electrons. The van der Waals surface area contributed by atoms with E-state index in [0.29, 0.717) is 16.8 Å². The molecule has 1 heterocycles. The number of para-hydroxylation sites is 1. The largest absolute Gasteiger partial charge is 0.392 e. The molecule has 1 saturated carbocycles. The van der Waals surface area contributed by atoms with Crippen LogP contribution in [0, 0.1) is 10.1 Å². The Morgan fingerprint density at radius 2 is 1.50 bits per heavy atom. The minimum absolute atomic E-state index is 0.132. The van der Waals surface area contributed by atoms with Crippen LogP contribution in [-0.2, 0) is 10.2 Å². The molecule has 1 amide bonds. The molecule has 0 radical (unpaired) electrons. The zero-order valence-corrected chi connectivity index (χ0v) is 17.7. The fraction of sp³-hybridized carbons (Fsp3) is 0.269. The lowest BCUT2D eigenvalue weighted by atomic mass is 9.54. The summed E-state index contributed by atoms with van der Waals surface area (Å²) in [6, 6.07) is 24.7. The number of nitro groups is 1. The summed E-state index contributed by atoms with van der Waals surface area (Å²) >= 11 is 0. The Kier molecular flexibility index (Phi) is 4.82. The van der Waals surface area contributed by atoms with Crippen LogP contribution in [0.5, 0.6) is 0 Å². The minimum atomic E-state index is -1.42. The molecule has 2 aliphatic rings. The number of likely N-dealkylation sites (N-methyl/N-ethyl adjacent to an activating group) is 1. The molecule has 1 aliphatic carbocycles. The number of anilines is 1. The Balaban J connectivity index is 1.80. The number of carbonyl (C=O) groups excluding carboxylic acids is 1. The van der Waals surface area contributed by atoms with Crippen molar-refractivity contribution in [2.45, 2.75) is 35.8 Å². The first-order valence-corrected chi connectivity index (χ1v) is 10.8. The molecule has 0 saturated heterocycles. The van der Waals surface area contributed by atoms with Crippen molar-refractivity contribution in [2.75, 3.05) is 11.9 Å². The third-order valence-corrected chi connectivity index (χ3v) is 7.25. The summed E-state index contributed by atoms with van der Waals surface area (Å²) in [6.45, 7) is 0. The van der Waals surface area contributed by atoms with E-state index < -0.39 is 29.4 Å². The summed E-state index contributed by atoms with van der Waals surface area (Å²) in [6.07, 6.45) is -0.944. The quantitative estimate of drug-likeness (QED) is 0.507. The van der Waals surface area contributed by atoms with Gasteiger partial charge in [-0.3, -0.25) is 14.9 Å². The first-order chi connectivity index (χ1) is 15.5. The van der Waals surface area contributed by atoms with E-state index in [2.05, 4.69) is 0 Å². The number of hydrogen-bond donors (Lipinski definition) is 1. The van der Waals surface area contributed by atoms with Crippen molar-refractivity contribution in [2.24, 2.45) is 0 Å². The summed E-state index contributed by atoms with van der Waals surface area (Å²) in [7, 11) is 1.68. The molecule has 1 aliphatic heterocycles. The second-order valence-corrected chi connectivity index (χ2v) is 8.68. The number of aliphatic hydroxyl groups is 1. The number of aliphatic hydroxyl groups excluding tert-OH is 1. The molecule has 0 aromatic heterocycles. The summed E-state index contributed by atoms with van der Waals surface area (Å²) < 4.78 is 0. The van der Waals surface area contributed by atoms with E-state index in [-0.39, 0.29) is 17.3 Å². The Labute approximate surface area is 186 Å². The van der Waals surface area contributed by atoms with Crippen LogP contribution in [0.25, 0.3) is 0 Å². The van der Waals surface area contributed by atoms with Crippen molar-refractivity contribution in [3.05, 3.63) is 112 Å². The van der Waals surface area contributed by atoms with Crippen molar-refractivity contribution >= 4 is 11.6 Å². The minimum Gasteiger partial charge on any atom is -0.392 e. The maximum Gasteiger partial charge on any atom is 0.241 e. The Bertz CT molecular complexity index is 1170. The van der Waals surface area contributed by atoms with Crippen LogP contribution in [0.1, 0.15) is 34.9 Å². The topological polar surface area (TPSA) is 83.7 Å². The first-order valence-electron chi connectivity index (χ1n) is 10.8. The zero-order valence-electron chi connectivity index (χ0n) is 17.7. The Morgan fingerprint density at radius 3 is 2.12 bits per heavy atom. The maximum atomic E-state index is 13.9. The highest BCUT2D eigenvalue weighted by atomic mass is 16.6. The lowest BCUT2D eigenvalue weighted by Crippen LogP contribution is -2.61. The van der Waals surface area contributed by atoms with Crippen LogP contribution in [0.15, 0.2) is 84.9 Å². The predicted octanol–water partition coefficient (Wildman–Crippen LogP) is 3.88. The molecular weight excluding hydrogens is 404 g/mol. The van der Waals surface area contributed by atoms with Crippen molar-refractivity contribution in [3.8, 4) is 0 Å². The second-order valence-electron chi connectivity index (χ2n) is 8.68. The van der Waals surface area contributed by atoms with E-state index in [0.717, 1.165) is 5.56 Å². The van der Waals surface area contributed by atoms with Gasteiger partial charge in [0.1, 0.15) is 5.41 Å². The van der Waals surface area contributed by atoms with Gasteiger partial charge >= 0.3 is 0 Å². The van der Waals surface area contributed by atoms with Crippen LogP contribution in [0.2, 0.25) is 0 Å². The van der Waals surface area contributed by atoms with Crippen LogP contribution >= 0.6 is 0 Å². The highest BCUT2D eigenvalue weighted by Gasteiger charge is 2.68. The van der Waals surface area contributed by atoms with Crippen LogP contribution < -0.4 is 4.90 Å². The molecule has 3 aromatic rings. The Hall–Kier alpha value is -3.51. The van der Waals surface area contributed by atoms with Gasteiger partial charge in [-0.15, -0.1) is 0 Å². The van der Waals surface area contributed by atoms with Gasteiger partial charge in [0, 0.05) is 17.7 Å². The molecular formula is C26H24N2O4. The Morgan fingerprint density at radius 1 is 0.938 bits per heavy atom. The van der Waals surface area contributed by atoms with E-state index in [1.54, 1.807) is 7.05 Å². The van der Waals surface area contributed by atoms with Gasteiger partial charge in [-0.1, -0.05) is 78.9 Å². The van der Waals surface area contributed by atoms with Crippen molar-refractivity contribution < 1.29 is 14.8 Å². The summed E-state index contributed by atoms with van der Waals surface area (Å²) in [4.78, 5) is 27.8. The molecule has 1 N–H and O–H groups in total. The average Bonchev–Trinajstić information content (AvgIpc) is 3.04. The van der Waals surface area contributed by atoms with Crippen molar-refractivity contribution in [1.29, 1.82) is 0 Å². The second kappa shape index (κ2) is 7.57. The predicted molar refractivity (Wildman–Crippen MR) is 121 cm³/mol. The number of nitrogens with zero attached hydrogens (tertiary/aromatic N) is 2. The number of amides is 1. The molecule has 0 unspecified atom stereocenters. The van der Waals surface area contributed by atoms with E-state index >= 15 is 0 Å². The molecule has 1 fully saturated rings. The van der Waals surface area contributed by atoms with Gasteiger partial charge in [0.05, 0.1) is 17.9 Å². The van der Waals surface area contributed by atoms with Crippen molar-refractivity contribution in [1.82, 2.24) is 0 Å². The molecule has 6 nitrogen and oxygen atoms in total. The van der Waals surface area contributed by atoms with Gasteiger partial charge in [-0.05, 0) is 29.2 Å². The van der Waals surface area contributed by atoms with Gasteiger partial charge in [0.2, 0.25) is 11.9 Å². The fourth-order valence-corrected chi connectivity index (χ4v) is 5.94. The smallest absolute Gasteiger partial charge is 0.241 e. The van der Waals surface area contributed by atoms with Gasteiger partial charge in [-0.25, -0.2) is 0 Å². The zero-order chi connectivity index (χ0) is 22.5. The average molecular weight is 428 g/mol. The lowest BCUT2D eigenvalue weighted by molar-refractivity contribution is -0.537. The van der Waals surface area contributed by atoms with Crippen LogP contribution in [-0.4, -0.2) is 35.1 Å². The summed E-state index contributed by atoms with van der Waals surface area (Å²) in [5.74, 6) is -1.65. The van der Waals surface area contributed by atoms with Crippen molar-refractivity contribution in [3.63, 3.8) is 0 Å². The third-order valence-electron chi connectivity index (χ3n) is 7.25. The first kappa shape index (κ1) is 20.4. The standard InChI is InChI=1S/C26H24N2O4/c1-27-21-15-9-8-14-20(21)26(25(27)30)22(29)16-19(17-10-4-2-5-11-17)24(28(31)32)23(26)18-12-6-3-7-13-18/h2-15,19,22-24,29H,16H2,1H3/t19-,22-,23-,24-,26-/m0/s1. The van der Waals surface area contributed by atoms with E-state index in [1.165, 1.54) is 4.90 Å². The van der Waals surface area contributed by atoms with E-state index in [9.17, 15) is 20.0 Å². The number of fused-ring (bicyclic) bond motifs is 2. The third kappa shape index (κ3) is 2.72. The SMILES string of the molecule is CN1C(=O)[C@@]2(c3ccccc31)[C@@H](O)C[C@@H](c1ccccc1)[C@H]([N+](=O)[O-])[C@@H]2c1ccccc1. The van der Waals surface area contributed by atoms with E-state index in [4.69, 9.17) is 0 Å². The van der Waals surface area contributed by atoms with Gasteiger partial charge in [0.15, 0.2) is 0 Å². The molecule has 3 aromatic carbocycles. The highest BCUT2D eigenvalue weighted by molar-refractivity contribution is 6.09. The molecule has 32 heavy (non-hydrogen) atoms. The molecule has 1 spiro atoms. The molecule has 6 heteroatoms.